The summed E-state index contributed by atoms with van der Waals surface area (Å²) in [7, 11) is -3.66. The fraction of sp³-hybridized carbons (Fsp3) is 0.500. The molecule has 1 unspecified atom stereocenters. The smallest absolute Gasteiger partial charge is 0.336 e. The molecule has 0 radical (unpaired) electrons. The van der Waals surface area contributed by atoms with Gasteiger partial charge in [0.05, 0.1) is 10.5 Å². The number of carboxylic acids is 1. The second-order valence-corrected chi connectivity index (χ2v) is 7.56. The summed E-state index contributed by atoms with van der Waals surface area (Å²) in [6.45, 7) is 5.81. The number of aromatic carboxylic acids is 1. The van der Waals surface area contributed by atoms with Crippen LogP contribution in [0.1, 0.15) is 43.1 Å². The first-order chi connectivity index (χ1) is 9.17. The molecule has 1 fully saturated rings. The number of benzene rings is 1. The first kappa shape index (κ1) is 15.0. The summed E-state index contributed by atoms with van der Waals surface area (Å²) in [5.41, 5.74) is 0.653. The lowest BCUT2D eigenvalue weighted by Crippen LogP contribution is -2.28. The number of hydrogen-bond acceptors (Lipinski definition) is 3. The second-order valence-electron chi connectivity index (χ2n) is 5.84. The molecule has 1 atom stereocenters. The van der Waals surface area contributed by atoms with Gasteiger partial charge in [-0.1, -0.05) is 26.8 Å². The molecule has 2 rings (SSSR count). The standard InChI is InChI=1S/C14H19NO4S/c1-4-9-5-6-10(7-11(9)13(16)17)20(18,19)15-12-8-14(12,2)3/h5-7,12,15H,4,8H2,1-3H3,(H,16,17). The van der Waals surface area contributed by atoms with E-state index in [1.54, 1.807) is 6.07 Å². The Kier molecular flexibility index (Phi) is 3.64. The maximum Gasteiger partial charge on any atom is 0.336 e. The summed E-state index contributed by atoms with van der Waals surface area (Å²) in [6, 6.07) is 4.18. The summed E-state index contributed by atoms with van der Waals surface area (Å²) in [4.78, 5) is 11.2. The van der Waals surface area contributed by atoms with Gasteiger partial charge in [-0.3, -0.25) is 0 Å². The van der Waals surface area contributed by atoms with Gasteiger partial charge in [-0.2, -0.15) is 0 Å². The Morgan fingerprint density at radius 1 is 1.45 bits per heavy atom. The van der Waals surface area contributed by atoms with Crippen molar-refractivity contribution < 1.29 is 18.3 Å². The summed E-state index contributed by atoms with van der Waals surface area (Å²) >= 11 is 0. The van der Waals surface area contributed by atoms with Crippen molar-refractivity contribution in [1.82, 2.24) is 4.72 Å². The predicted octanol–water partition coefficient (Wildman–Crippen LogP) is 2.02. The van der Waals surface area contributed by atoms with E-state index in [0.29, 0.717) is 12.0 Å². The molecule has 2 N–H and O–H groups in total. The molecule has 0 aliphatic heterocycles. The van der Waals surface area contributed by atoms with E-state index >= 15 is 0 Å². The summed E-state index contributed by atoms with van der Waals surface area (Å²) < 4.78 is 27.1. The first-order valence-corrected chi connectivity index (χ1v) is 8.04. The van der Waals surface area contributed by atoms with Crippen LogP contribution in [-0.4, -0.2) is 25.5 Å². The maximum absolute atomic E-state index is 12.2. The van der Waals surface area contributed by atoms with Crippen molar-refractivity contribution in [2.24, 2.45) is 5.41 Å². The largest absolute Gasteiger partial charge is 0.478 e. The molecule has 5 nitrogen and oxygen atoms in total. The Bertz CT molecular complexity index is 649. The lowest BCUT2D eigenvalue weighted by Gasteiger charge is -2.10. The summed E-state index contributed by atoms with van der Waals surface area (Å²) in [6.07, 6.45) is 1.34. The highest BCUT2D eigenvalue weighted by atomic mass is 32.2. The van der Waals surface area contributed by atoms with Gasteiger partial charge in [0.2, 0.25) is 10.0 Å². The van der Waals surface area contributed by atoms with Crippen molar-refractivity contribution in [2.75, 3.05) is 0 Å². The second kappa shape index (κ2) is 4.86. The third kappa shape index (κ3) is 2.86. The van der Waals surface area contributed by atoms with Gasteiger partial charge in [-0.25, -0.2) is 17.9 Å². The zero-order valence-electron chi connectivity index (χ0n) is 11.8. The SMILES string of the molecule is CCc1ccc(S(=O)(=O)NC2CC2(C)C)cc1C(=O)O. The van der Waals surface area contributed by atoms with Gasteiger partial charge in [0.1, 0.15) is 0 Å². The molecule has 1 aliphatic carbocycles. The molecule has 1 aliphatic rings. The van der Waals surface area contributed by atoms with Crippen LogP contribution in [0.2, 0.25) is 0 Å². The van der Waals surface area contributed by atoms with Crippen LogP contribution < -0.4 is 4.72 Å². The van der Waals surface area contributed by atoms with E-state index in [-0.39, 0.29) is 21.9 Å². The molecule has 0 bridgehead atoms. The van der Waals surface area contributed by atoms with Crippen molar-refractivity contribution in [3.8, 4) is 0 Å². The third-order valence-electron chi connectivity index (χ3n) is 3.81. The molecule has 1 aromatic carbocycles. The molecule has 0 saturated heterocycles. The topological polar surface area (TPSA) is 83.5 Å². The van der Waals surface area contributed by atoms with Crippen molar-refractivity contribution >= 4 is 16.0 Å². The van der Waals surface area contributed by atoms with Crippen LogP contribution in [0.4, 0.5) is 0 Å². The van der Waals surface area contributed by atoms with Gasteiger partial charge < -0.3 is 5.11 Å². The van der Waals surface area contributed by atoms with E-state index in [4.69, 9.17) is 5.11 Å². The molecular weight excluding hydrogens is 278 g/mol. The van der Waals surface area contributed by atoms with E-state index in [9.17, 15) is 13.2 Å². The fourth-order valence-corrected chi connectivity index (χ4v) is 3.59. The van der Waals surface area contributed by atoms with Gasteiger partial charge in [-0.15, -0.1) is 0 Å². The molecule has 6 heteroatoms. The van der Waals surface area contributed by atoms with E-state index in [2.05, 4.69) is 4.72 Å². The van der Waals surface area contributed by atoms with Gasteiger partial charge in [0.25, 0.3) is 0 Å². The highest BCUT2D eigenvalue weighted by molar-refractivity contribution is 7.89. The number of rotatable bonds is 5. The van der Waals surface area contributed by atoms with Crippen LogP contribution in [0.3, 0.4) is 0 Å². The first-order valence-electron chi connectivity index (χ1n) is 6.56. The van der Waals surface area contributed by atoms with Crippen LogP contribution in [0.5, 0.6) is 0 Å². The quantitative estimate of drug-likeness (QED) is 0.871. The van der Waals surface area contributed by atoms with Crippen LogP contribution in [0.15, 0.2) is 23.1 Å². The van der Waals surface area contributed by atoms with Crippen molar-refractivity contribution in [3.63, 3.8) is 0 Å². The predicted molar refractivity (Wildman–Crippen MR) is 75.3 cm³/mol. The molecule has 1 saturated carbocycles. The van der Waals surface area contributed by atoms with E-state index in [1.165, 1.54) is 12.1 Å². The Balaban J connectivity index is 2.33. The van der Waals surface area contributed by atoms with Crippen LogP contribution in [-0.2, 0) is 16.4 Å². The number of sulfonamides is 1. The van der Waals surface area contributed by atoms with Crippen LogP contribution in [0, 0.1) is 5.41 Å². The lowest BCUT2D eigenvalue weighted by atomic mass is 10.1. The molecular formula is C14H19NO4S. The molecule has 0 spiro atoms. The monoisotopic (exact) mass is 297 g/mol. The Morgan fingerprint density at radius 3 is 2.50 bits per heavy atom. The summed E-state index contributed by atoms with van der Waals surface area (Å²) in [5.74, 6) is -1.11. The fourth-order valence-electron chi connectivity index (χ4n) is 2.15. The number of carboxylic acid groups (broad SMARTS) is 1. The Morgan fingerprint density at radius 2 is 2.05 bits per heavy atom. The van der Waals surface area contributed by atoms with E-state index in [0.717, 1.165) is 6.42 Å². The lowest BCUT2D eigenvalue weighted by molar-refractivity contribution is 0.0695. The third-order valence-corrected chi connectivity index (χ3v) is 5.28. The maximum atomic E-state index is 12.2. The molecule has 20 heavy (non-hydrogen) atoms. The number of aryl methyl sites for hydroxylation is 1. The zero-order chi connectivity index (χ0) is 15.1. The number of carbonyl (C=O) groups is 1. The Hall–Kier alpha value is -1.40. The highest BCUT2D eigenvalue weighted by Gasteiger charge is 2.47. The normalized spacial score (nSPS) is 20.6. The van der Waals surface area contributed by atoms with Crippen LogP contribution in [0.25, 0.3) is 0 Å². The average Bonchev–Trinajstić information content (AvgIpc) is 2.94. The zero-order valence-corrected chi connectivity index (χ0v) is 12.6. The van der Waals surface area contributed by atoms with Gasteiger partial charge in [-0.05, 0) is 36.0 Å². The Labute approximate surface area is 119 Å². The van der Waals surface area contributed by atoms with Gasteiger partial charge in [0.15, 0.2) is 0 Å². The van der Waals surface area contributed by atoms with E-state index < -0.39 is 16.0 Å². The average molecular weight is 297 g/mol. The molecule has 1 aromatic rings. The highest BCUT2D eigenvalue weighted by Crippen LogP contribution is 2.45. The minimum atomic E-state index is -3.66. The summed E-state index contributed by atoms with van der Waals surface area (Å²) in [5, 5.41) is 9.15. The van der Waals surface area contributed by atoms with Gasteiger partial charge in [0, 0.05) is 6.04 Å². The van der Waals surface area contributed by atoms with E-state index in [1.807, 2.05) is 20.8 Å². The minimum Gasteiger partial charge on any atom is -0.478 e. The van der Waals surface area contributed by atoms with Crippen molar-refractivity contribution in [1.29, 1.82) is 0 Å². The van der Waals surface area contributed by atoms with Gasteiger partial charge >= 0.3 is 5.97 Å². The molecule has 0 aromatic heterocycles. The van der Waals surface area contributed by atoms with Crippen molar-refractivity contribution in [3.05, 3.63) is 29.3 Å². The minimum absolute atomic E-state index is 0.00907. The molecule has 110 valence electrons. The van der Waals surface area contributed by atoms with Crippen LogP contribution >= 0.6 is 0 Å². The molecule has 0 heterocycles. The number of hydrogen-bond donors (Lipinski definition) is 2. The molecule has 0 amide bonds. The van der Waals surface area contributed by atoms with Crippen molar-refractivity contribution in [2.45, 2.75) is 44.6 Å². The number of nitrogens with one attached hydrogen (secondary N) is 1.